The van der Waals surface area contributed by atoms with Crippen LogP contribution < -0.4 is 40.6 Å². The quantitative estimate of drug-likeness (QED) is 0.333. The summed E-state index contributed by atoms with van der Waals surface area (Å²) in [6, 6.07) is 7.43. The Bertz CT molecular complexity index is 1090. The molecule has 2 aromatic carbocycles. The van der Waals surface area contributed by atoms with Crippen LogP contribution >= 0.6 is 0 Å². The van der Waals surface area contributed by atoms with Gasteiger partial charge in [-0.1, -0.05) is 37.1 Å². The van der Waals surface area contributed by atoms with Crippen LogP contribution in [0.15, 0.2) is 35.2 Å². The van der Waals surface area contributed by atoms with Crippen molar-refractivity contribution < 1.29 is 52.1 Å². The minimum Gasteiger partial charge on any atom is -0.744 e. The second-order valence-electron chi connectivity index (χ2n) is 6.87. The van der Waals surface area contributed by atoms with Crippen molar-refractivity contribution in [2.24, 2.45) is 0 Å². The Kier molecular flexibility index (Phi) is 5.71. The molecule has 9 heteroatoms. The summed E-state index contributed by atoms with van der Waals surface area (Å²) in [5.74, 6) is -0.972. The molecule has 7 nitrogen and oxygen atoms in total. The summed E-state index contributed by atoms with van der Waals surface area (Å²) in [5.41, 5.74) is 5.81. The topological polar surface area (TPSA) is 129 Å². The Morgan fingerprint density at radius 2 is 1.54 bits per heavy atom. The summed E-state index contributed by atoms with van der Waals surface area (Å²) in [4.78, 5) is 25.4. The molecule has 0 saturated heterocycles. The van der Waals surface area contributed by atoms with Crippen LogP contribution in [0.5, 0.6) is 0 Å². The van der Waals surface area contributed by atoms with Gasteiger partial charge in [-0.2, -0.15) is 0 Å². The minimum absolute atomic E-state index is 0. The van der Waals surface area contributed by atoms with Gasteiger partial charge < -0.3 is 15.6 Å². The van der Waals surface area contributed by atoms with Crippen molar-refractivity contribution >= 4 is 33.1 Å². The number of hydrogen-bond acceptors (Lipinski definition) is 7. The molecule has 0 aliphatic heterocycles. The monoisotopic (exact) mass is 408 g/mol. The van der Waals surface area contributed by atoms with Crippen LogP contribution in [0.25, 0.3) is 0 Å². The molecule has 4 rings (SSSR count). The van der Waals surface area contributed by atoms with E-state index in [0.717, 1.165) is 31.7 Å². The van der Waals surface area contributed by atoms with Crippen LogP contribution in [-0.2, 0) is 10.1 Å². The number of hydrogen-bond donors (Lipinski definition) is 2. The Hall–Kier alpha value is -1.71. The number of carbonyl (C=O) groups excluding carboxylic acids is 2. The molecule has 140 valence electrons. The van der Waals surface area contributed by atoms with Crippen LogP contribution in [0.3, 0.4) is 0 Å². The zero-order valence-corrected chi connectivity index (χ0v) is 18.1. The van der Waals surface area contributed by atoms with Gasteiger partial charge in [0.25, 0.3) is 0 Å². The molecule has 2 aliphatic carbocycles. The molecule has 0 spiro atoms. The van der Waals surface area contributed by atoms with E-state index in [1.165, 1.54) is 6.07 Å². The van der Waals surface area contributed by atoms with Gasteiger partial charge in [0.2, 0.25) is 0 Å². The number of rotatable bonds is 3. The zero-order valence-electron chi connectivity index (χ0n) is 15.3. The number of anilines is 2. The van der Waals surface area contributed by atoms with E-state index in [9.17, 15) is 22.6 Å². The fourth-order valence-corrected chi connectivity index (χ4v) is 4.54. The van der Waals surface area contributed by atoms with Gasteiger partial charge in [-0.25, -0.2) is 8.42 Å². The molecule has 0 aromatic heterocycles. The molecular formula is C19H17N2NaO5S. The molecule has 0 atom stereocenters. The third-order valence-corrected chi connectivity index (χ3v) is 6.06. The standard InChI is InChI=1S/C19H18N2O5S.Na/c20-17-14(27(24,25)26)9-13(21-10-5-1-2-6-10)15-16(17)19(23)12-8-4-3-7-11(12)18(15)22;/h3-4,7-10,21H,1-2,5-6,20H2,(H,24,25,26);/q;+1/p-1. The van der Waals surface area contributed by atoms with E-state index in [1.54, 1.807) is 18.2 Å². The van der Waals surface area contributed by atoms with Crippen LogP contribution in [0, 0.1) is 0 Å². The molecular weight excluding hydrogens is 391 g/mol. The maximum absolute atomic E-state index is 13.1. The van der Waals surface area contributed by atoms with Gasteiger partial charge in [-0.15, -0.1) is 0 Å². The van der Waals surface area contributed by atoms with E-state index >= 15 is 0 Å². The number of nitrogen functional groups attached to an aromatic ring is 1. The predicted octanol–water partition coefficient (Wildman–Crippen LogP) is -0.693. The molecule has 0 amide bonds. The zero-order chi connectivity index (χ0) is 19.3. The van der Waals surface area contributed by atoms with E-state index in [2.05, 4.69) is 5.32 Å². The first-order chi connectivity index (χ1) is 12.8. The maximum atomic E-state index is 13.1. The smallest absolute Gasteiger partial charge is 0.744 e. The van der Waals surface area contributed by atoms with Gasteiger partial charge in [0.1, 0.15) is 10.1 Å². The Morgan fingerprint density at radius 1 is 1.00 bits per heavy atom. The minimum atomic E-state index is -4.92. The second-order valence-corrected chi connectivity index (χ2v) is 8.22. The fourth-order valence-electron chi connectivity index (χ4n) is 3.90. The first-order valence-electron chi connectivity index (χ1n) is 8.66. The van der Waals surface area contributed by atoms with E-state index in [4.69, 9.17) is 5.73 Å². The average molecular weight is 408 g/mol. The number of ketones is 2. The Balaban J connectivity index is 0.00000225. The summed E-state index contributed by atoms with van der Waals surface area (Å²) >= 11 is 0. The number of carbonyl (C=O) groups is 2. The normalized spacial score (nSPS) is 16.3. The van der Waals surface area contributed by atoms with E-state index in [1.807, 2.05) is 0 Å². The van der Waals surface area contributed by atoms with Crippen LogP contribution in [0.1, 0.15) is 57.5 Å². The van der Waals surface area contributed by atoms with Gasteiger partial charge in [0, 0.05) is 22.9 Å². The third kappa shape index (κ3) is 3.40. The van der Waals surface area contributed by atoms with Crippen LogP contribution in [0.4, 0.5) is 11.4 Å². The van der Waals surface area contributed by atoms with Crippen molar-refractivity contribution in [2.75, 3.05) is 11.1 Å². The molecule has 3 N–H and O–H groups in total. The van der Waals surface area contributed by atoms with Gasteiger partial charge in [-0.3, -0.25) is 9.59 Å². The van der Waals surface area contributed by atoms with Crippen molar-refractivity contribution in [2.45, 2.75) is 36.6 Å². The fraction of sp³-hybridized carbons (Fsp3) is 0.263. The molecule has 2 aliphatic rings. The Labute approximate surface area is 184 Å². The number of nitrogens with one attached hydrogen (secondary N) is 1. The largest absolute Gasteiger partial charge is 1.00 e. The van der Waals surface area contributed by atoms with Crippen molar-refractivity contribution in [3.8, 4) is 0 Å². The molecule has 2 aromatic rings. The molecule has 0 radical (unpaired) electrons. The summed E-state index contributed by atoms with van der Waals surface area (Å²) in [7, 11) is -4.92. The van der Waals surface area contributed by atoms with Crippen LogP contribution in [-0.4, -0.2) is 30.6 Å². The van der Waals surface area contributed by atoms with Crippen molar-refractivity contribution in [3.05, 3.63) is 52.6 Å². The second kappa shape index (κ2) is 7.61. The number of benzene rings is 2. The first kappa shape index (κ1) is 21.0. The van der Waals surface area contributed by atoms with Gasteiger partial charge in [0.15, 0.2) is 11.6 Å². The molecule has 0 bridgehead atoms. The van der Waals surface area contributed by atoms with E-state index in [-0.39, 0.29) is 63.5 Å². The number of nitrogens with two attached hydrogens (primary N) is 1. The van der Waals surface area contributed by atoms with Crippen molar-refractivity contribution in [3.63, 3.8) is 0 Å². The predicted molar refractivity (Wildman–Crippen MR) is 98.0 cm³/mol. The maximum Gasteiger partial charge on any atom is 1.00 e. The third-order valence-electron chi connectivity index (χ3n) is 5.18. The van der Waals surface area contributed by atoms with Crippen LogP contribution in [0.2, 0.25) is 0 Å². The number of fused-ring (bicyclic) bond motifs is 2. The summed E-state index contributed by atoms with van der Waals surface area (Å²) in [5, 5.41) is 3.16. The molecule has 28 heavy (non-hydrogen) atoms. The first-order valence-corrected chi connectivity index (χ1v) is 10.1. The molecule has 0 unspecified atom stereocenters. The van der Waals surface area contributed by atoms with E-state index in [0.29, 0.717) is 0 Å². The van der Waals surface area contributed by atoms with Crippen molar-refractivity contribution in [1.82, 2.24) is 0 Å². The summed E-state index contributed by atoms with van der Waals surface area (Å²) in [6.07, 6.45) is 3.74. The van der Waals surface area contributed by atoms with Gasteiger partial charge >= 0.3 is 29.6 Å². The molecule has 1 fully saturated rings. The molecule has 0 heterocycles. The summed E-state index contributed by atoms with van der Waals surface area (Å²) < 4.78 is 35.1. The average Bonchev–Trinajstić information content (AvgIpc) is 3.13. The molecule has 1 saturated carbocycles. The van der Waals surface area contributed by atoms with Crippen molar-refractivity contribution in [1.29, 1.82) is 0 Å². The van der Waals surface area contributed by atoms with Gasteiger partial charge in [0.05, 0.1) is 21.7 Å². The summed E-state index contributed by atoms with van der Waals surface area (Å²) in [6.45, 7) is 0. The van der Waals surface area contributed by atoms with Gasteiger partial charge in [-0.05, 0) is 18.9 Å². The Morgan fingerprint density at radius 3 is 2.07 bits per heavy atom. The SMILES string of the molecule is Nc1c(S(=O)(=O)[O-])cc(NC2CCCC2)c2c1C(=O)c1ccccc1C2=O.[Na+]. The van der Waals surface area contributed by atoms with E-state index < -0.39 is 32.3 Å².